The van der Waals surface area contributed by atoms with Crippen LogP contribution in [0.15, 0.2) is 12.3 Å². The van der Waals surface area contributed by atoms with Crippen molar-refractivity contribution in [2.75, 3.05) is 5.73 Å². The van der Waals surface area contributed by atoms with E-state index in [1.54, 1.807) is 0 Å². The molecule has 1 aliphatic carbocycles. The van der Waals surface area contributed by atoms with E-state index in [4.69, 9.17) is 5.73 Å². The molecule has 1 heterocycles. The lowest BCUT2D eigenvalue weighted by Gasteiger charge is -2.02. The number of hydrogen-bond acceptors (Lipinski definition) is 2. The maximum absolute atomic E-state index is 12.7. The van der Waals surface area contributed by atoms with Gasteiger partial charge in [-0.3, -0.25) is 0 Å². The van der Waals surface area contributed by atoms with Gasteiger partial charge in [-0.05, 0) is 36.8 Å². The molecule has 4 heteroatoms. The third-order valence-corrected chi connectivity index (χ3v) is 2.20. The summed E-state index contributed by atoms with van der Waals surface area (Å²) >= 11 is 0. The number of nitrogens with zero attached hydrogens (tertiary/aromatic N) is 1. The van der Waals surface area contributed by atoms with E-state index < -0.39 is 5.95 Å². The van der Waals surface area contributed by atoms with E-state index >= 15 is 0 Å². The number of nitrogens with two attached hydrogens (primary N) is 1. The van der Waals surface area contributed by atoms with Crippen LogP contribution in [0.3, 0.4) is 0 Å². The lowest BCUT2D eigenvalue weighted by atomic mass is 10.1. The first-order valence-electron chi connectivity index (χ1n) is 4.15. The van der Waals surface area contributed by atoms with Crippen LogP contribution >= 0.6 is 0 Å². The summed E-state index contributed by atoms with van der Waals surface area (Å²) in [6.07, 6.45) is 4.81. The maximum atomic E-state index is 12.7. The predicted molar refractivity (Wildman–Crippen MR) is 46.1 cm³/mol. The van der Waals surface area contributed by atoms with Crippen LogP contribution in [-0.4, -0.2) is 4.98 Å². The van der Waals surface area contributed by atoms with Gasteiger partial charge in [-0.25, -0.2) is 4.98 Å². The van der Waals surface area contributed by atoms with Gasteiger partial charge in [0.15, 0.2) is 0 Å². The Labute approximate surface area is 84.2 Å². The smallest absolute Gasteiger partial charge is 1.00 e. The predicted octanol–water partition coefficient (Wildman–Crippen LogP) is -1.13. The van der Waals surface area contributed by atoms with Gasteiger partial charge in [0.05, 0.1) is 11.9 Å². The topological polar surface area (TPSA) is 38.9 Å². The van der Waals surface area contributed by atoms with Crippen molar-refractivity contribution in [2.45, 2.75) is 19.3 Å². The summed E-state index contributed by atoms with van der Waals surface area (Å²) < 4.78 is 12.7. The van der Waals surface area contributed by atoms with Gasteiger partial charge in [-0.2, -0.15) is 4.39 Å². The molecule has 2 rings (SSSR count). The summed E-state index contributed by atoms with van der Waals surface area (Å²) in [6, 6.07) is 1.44. The Balaban J connectivity index is 0.000000845. The summed E-state index contributed by atoms with van der Waals surface area (Å²) in [5.41, 5.74) is 7.16. The average molecular weight is 203 g/mol. The molecule has 72 valence electrons. The van der Waals surface area contributed by atoms with Gasteiger partial charge in [-0.1, -0.05) is 0 Å². The second kappa shape index (κ2) is 3.92. The monoisotopic (exact) mass is 202 g/mol. The Morgan fingerprint density at radius 2 is 2.31 bits per heavy atom. The van der Waals surface area contributed by atoms with Gasteiger partial charge in [0.1, 0.15) is 0 Å². The zero-order valence-corrected chi connectivity index (χ0v) is 7.89. The van der Waals surface area contributed by atoms with E-state index in [1.807, 2.05) is 0 Å². The van der Waals surface area contributed by atoms with Crippen LogP contribution in [0.4, 0.5) is 10.1 Å². The Morgan fingerprint density at radius 3 is 2.92 bits per heavy atom. The molecule has 0 saturated heterocycles. The Kier molecular flexibility index (Phi) is 3.09. The molecule has 0 unspecified atom stereocenters. The second-order valence-electron chi connectivity index (χ2n) is 3.35. The summed E-state index contributed by atoms with van der Waals surface area (Å²) in [5, 5.41) is 0. The van der Waals surface area contributed by atoms with Crippen LogP contribution in [0.2, 0.25) is 0 Å². The van der Waals surface area contributed by atoms with E-state index in [9.17, 15) is 4.39 Å². The molecule has 1 aromatic heterocycles. The minimum atomic E-state index is -0.431. The van der Waals surface area contributed by atoms with Crippen LogP contribution in [0.5, 0.6) is 0 Å². The van der Waals surface area contributed by atoms with Gasteiger partial charge in [0, 0.05) is 0 Å². The molecule has 1 fully saturated rings. The van der Waals surface area contributed by atoms with Crippen LogP contribution in [0, 0.1) is 11.9 Å². The molecule has 0 spiro atoms. The molecule has 0 aliphatic heterocycles. The summed E-state index contributed by atoms with van der Waals surface area (Å²) in [4.78, 5) is 3.48. The second-order valence-corrected chi connectivity index (χ2v) is 3.35. The van der Waals surface area contributed by atoms with E-state index in [0.717, 1.165) is 17.9 Å². The summed E-state index contributed by atoms with van der Waals surface area (Å²) in [5.74, 6) is 0.300. The third-order valence-electron chi connectivity index (χ3n) is 2.20. The quantitative estimate of drug-likeness (QED) is 0.617. The molecule has 1 aliphatic rings. The van der Waals surface area contributed by atoms with Crippen LogP contribution in [-0.2, 0) is 6.42 Å². The van der Waals surface area contributed by atoms with Crippen molar-refractivity contribution in [1.29, 1.82) is 0 Å². The highest BCUT2D eigenvalue weighted by atomic mass is 35.5. The standard InChI is InChI=1S/C9H11FN2.ClH/c10-9-4-7(3-6-1-2-6)8(11)5-12-9;/h4-6H,1-3,11H2;1H. The molecule has 1 aromatic rings. The summed E-state index contributed by atoms with van der Waals surface area (Å²) in [6.45, 7) is 0. The number of halogens is 2. The highest BCUT2D eigenvalue weighted by molar-refractivity contribution is 5.44. The lowest BCUT2D eigenvalue weighted by Crippen LogP contribution is -3.00. The Hall–Kier alpha value is -0.830. The SMILES string of the molecule is Nc1cnc(F)cc1CC1CC1.[Cl-].[H+]. The van der Waals surface area contributed by atoms with Gasteiger partial charge in [-0.15, -0.1) is 0 Å². The fraction of sp³-hybridized carbons (Fsp3) is 0.444. The van der Waals surface area contributed by atoms with E-state index in [1.165, 1.54) is 25.1 Å². The lowest BCUT2D eigenvalue weighted by molar-refractivity contribution is -0.00000330. The van der Waals surface area contributed by atoms with Crippen LogP contribution < -0.4 is 18.1 Å². The highest BCUT2D eigenvalue weighted by Crippen LogP contribution is 2.33. The molecule has 0 amide bonds. The number of nitrogen functional groups attached to an aromatic ring is 1. The van der Waals surface area contributed by atoms with Gasteiger partial charge >= 0.3 is 1.43 Å². The van der Waals surface area contributed by atoms with Crippen molar-refractivity contribution in [1.82, 2.24) is 4.98 Å². The molecular formula is C9H12ClFN2. The van der Waals surface area contributed by atoms with Crippen molar-refractivity contribution >= 4 is 5.69 Å². The van der Waals surface area contributed by atoms with Crippen molar-refractivity contribution in [3.05, 3.63) is 23.8 Å². The molecule has 1 saturated carbocycles. The number of pyridine rings is 1. The van der Waals surface area contributed by atoms with E-state index in [0.29, 0.717) is 5.69 Å². The van der Waals surface area contributed by atoms with E-state index in [-0.39, 0.29) is 13.8 Å². The van der Waals surface area contributed by atoms with Gasteiger partial charge < -0.3 is 18.1 Å². The molecule has 0 atom stereocenters. The van der Waals surface area contributed by atoms with Crippen LogP contribution in [0.25, 0.3) is 0 Å². The van der Waals surface area contributed by atoms with Gasteiger partial charge in [0.2, 0.25) is 5.95 Å². The zero-order valence-electron chi connectivity index (χ0n) is 8.13. The van der Waals surface area contributed by atoms with Crippen molar-refractivity contribution in [3.8, 4) is 0 Å². The number of rotatable bonds is 2. The Bertz CT molecular complexity index is 305. The molecule has 0 radical (unpaired) electrons. The largest absolute Gasteiger partial charge is 1.00 e. The maximum Gasteiger partial charge on any atom is 1.00 e. The minimum absolute atomic E-state index is 0. The first-order valence-corrected chi connectivity index (χ1v) is 4.15. The van der Waals surface area contributed by atoms with Gasteiger partial charge in [0.25, 0.3) is 0 Å². The first-order chi connectivity index (χ1) is 5.75. The molecule has 0 aromatic carbocycles. The fourth-order valence-corrected chi connectivity index (χ4v) is 1.29. The van der Waals surface area contributed by atoms with Crippen molar-refractivity contribution in [3.63, 3.8) is 0 Å². The minimum Gasteiger partial charge on any atom is -1.00 e. The van der Waals surface area contributed by atoms with Crippen molar-refractivity contribution < 1.29 is 18.2 Å². The Morgan fingerprint density at radius 1 is 1.62 bits per heavy atom. The highest BCUT2D eigenvalue weighted by Gasteiger charge is 2.22. The normalized spacial score (nSPS) is 15.2. The fourth-order valence-electron chi connectivity index (χ4n) is 1.29. The number of anilines is 1. The van der Waals surface area contributed by atoms with Crippen molar-refractivity contribution in [2.24, 2.45) is 5.92 Å². The molecule has 13 heavy (non-hydrogen) atoms. The number of aromatic nitrogens is 1. The summed E-state index contributed by atoms with van der Waals surface area (Å²) in [7, 11) is 0. The third kappa shape index (κ3) is 2.56. The average Bonchev–Trinajstić information content (AvgIpc) is 2.81. The molecule has 2 N–H and O–H groups in total. The number of hydrogen-bond donors (Lipinski definition) is 1. The first kappa shape index (κ1) is 10.3. The zero-order chi connectivity index (χ0) is 8.55. The molecular weight excluding hydrogens is 191 g/mol. The molecule has 0 bridgehead atoms. The molecule has 2 nitrogen and oxygen atoms in total. The van der Waals surface area contributed by atoms with Crippen LogP contribution in [0.1, 0.15) is 19.8 Å². The van der Waals surface area contributed by atoms with E-state index in [2.05, 4.69) is 4.98 Å².